The van der Waals surface area contributed by atoms with Crippen LogP contribution < -0.4 is 11.3 Å². The first-order chi connectivity index (χ1) is 6.79. The van der Waals surface area contributed by atoms with Gasteiger partial charge >= 0.3 is 0 Å². The van der Waals surface area contributed by atoms with Crippen LogP contribution in [0.4, 0.5) is 0 Å². The number of nitrogens with one attached hydrogen (secondary N) is 1. The summed E-state index contributed by atoms with van der Waals surface area (Å²) in [5, 5.41) is 9.22. The molecule has 0 atom stereocenters. The summed E-state index contributed by atoms with van der Waals surface area (Å²) in [6.45, 7) is 0.370. The molecule has 0 aliphatic rings. The van der Waals surface area contributed by atoms with Gasteiger partial charge in [0.05, 0.1) is 5.69 Å². The number of nitrogens with two attached hydrogens (primary N) is 1. The van der Waals surface area contributed by atoms with E-state index in [1.54, 1.807) is 12.1 Å². The van der Waals surface area contributed by atoms with E-state index in [9.17, 15) is 4.79 Å². The van der Waals surface area contributed by atoms with E-state index in [2.05, 4.69) is 15.2 Å². The Hall–Kier alpha value is -1.53. The van der Waals surface area contributed by atoms with Gasteiger partial charge in [-0.1, -0.05) is 17.4 Å². The Kier molecular flexibility index (Phi) is 2.38. The number of nitrogens with zero attached hydrogens (tertiary/aromatic N) is 2. The van der Waals surface area contributed by atoms with Crippen LogP contribution >= 0.6 is 11.3 Å². The SMILES string of the molecule is NCc1nnc(-c2cccc(=O)[nH]2)s1. The highest BCUT2D eigenvalue weighted by molar-refractivity contribution is 7.14. The molecule has 2 heterocycles. The summed E-state index contributed by atoms with van der Waals surface area (Å²) in [5.41, 5.74) is 5.94. The summed E-state index contributed by atoms with van der Waals surface area (Å²) in [5.74, 6) is 0. The molecule has 0 aromatic carbocycles. The van der Waals surface area contributed by atoms with Crippen LogP contribution in [0.3, 0.4) is 0 Å². The maximum absolute atomic E-state index is 11.0. The van der Waals surface area contributed by atoms with Crippen LogP contribution in [0.5, 0.6) is 0 Å². The smallest absolute Gasteiger partial charge is 0.248 e. The third-order valence-electron chi connectivity index (χ3n) is 1.64. The zero-order valence-electron chi connectivity index (χ0n) is 7.23. The number of pyridine rings is 1. The summed E-state index contributed by atoms with van der Waals surface area (Å²) >= 11 is 1.38. The van der Waals surface area contributed by atoms with Gasteiger partial charge in [0.1, 0.15) is 5.01 Å². The number of H-pyrrole nitrogens is 1. The Labute approximate surface area is 83.6 Å². The van der Waals surface area contributed by atoms with Crippen molar-refractivity contribution in [1.29, 1.82) is 0 Å². The van der Waals surface area contributed by atoms with Crippen molar-refractivity contribution in [3.05, 3.63) is 33.6 Å². The molecule has 6 heteroatoms. The first-order valence-electron chi connectivity index (χ1n) is 4.02. The van der Waals surface area contributed by atoms with E-state index in [1.165, 1.54) is 17.4 Å². The molecule has 0 radical (unpaired) electrons. The molecule has 0 bridgehead atoms. The quantitative estimate of drug-likeness (QED) is 0.745. The Balaban J connectivity index is 2.44. The van der Waals surface area contributed by atoms with Crippen molar-refractivity contribution < 1.29 is 0 Å². The number of hydrogen-bond acceptors (Lipinski definition) is 5. The van der Waals surface area contributed by atoms with Gasteiger partial charge < -0.3 is 10.7 Å². The fourth-order valence-electron chi connectivity index (χ4n) is 1.02. The molecular weight excluding hydrogens is 200 g/mol. The summed E-state index contributed by atoms with van der Waals surface area (Å²) in [7, 11) is 0. The van der Waals surface area contributed by atoms with E-state index < -0.39 is 0 Å². The Morgan fingerprint density at radius 1 is 1.43 bits per heavy atom. The Morgan fingerprint density at radius 3 is 2.93 bits per heavy atom. The third-order valence-corrected chi connectivity index (χ3v) is 2.62. The molecule has 2 aromatic rings. The van der Waals surface area contributed by atoms with Crippen LogP contribution in [0.25, 0.3) is 10.7 Å². The van der Waals surface area contributed by atoms with Crippen LogP contribution in [0, 0.1) is 0 Å². The fraction of sp³-hybridized carbons (Fsp3) is 0.125. The molecule has 3 N–H and O–H groups in total. The van der Waals surface area contributed by atoms with Crippen molar-refractivity contribution in [2.45, 2.75) is 6.54 Å². The van der Waals surface area contributed by atoms with Crippen LogP contribution in [0.15, 0.2) is 23.0 Å². The van der Waals surface area contributed by atoms with Gasteiger partial charge in [-0.05, 0) is 6.07 Å². The van der Waals surface area contributed by atoms with Crippen molar-refractivity contribution in [2.75, 3.05) is 0 Å². The Bertz CT molecular complexity index is 490. The molecule has 14 heavy (non-hydrogen) atoms. The van der Waals surface area contributed by atoms with E-state index in [4.69, 9.17) is 5.73 Å². The topological polar surface area (TPSA) is 84.7 Å². The molecule has 0 amide bonds. The van der Waals surface area contributed by atoms with Gasteiger partial charge in [0.15, 0.2) is 5.01 Å². The fourth-order valence-corrected chi connectivity index (χ4v) is 1.72. The van der Waals surface area contributed by atoms with Gasteiger partial charge in [0, 0.05) is 12.6 Å². The summed E-state index contributed by atoms with van der Waals surface area (Å²) in [6.07, 6.45) is 0. The molecule has 2 rings (SSSR count). The number of aromatic nitrogens is 3. The first-order valence-corrected chi connectivity index (χ1v) is 4.83. The van der Waals surface area contributed by atoms with Crippen molar-refractivity contribution >= 4 is 11.3 Å². The van der Waals surface area contributed by atoms with E-state index in [1.807, 2.05) is 0 Å². The monoisotopic (exact) mass is 208 g/mol. The van der Waals surface area contributed by atoms with Crippen molar-refractivity contribution in [3.63, 3.8) is 0 Å². The van der Waals surface area contributed by atoms with E-state index in [0.29, 0.717) is 17.2 Å². The third kappa shape index (κ3) is 1.70. The predicted octanol–water partition coefficient (Wildman–Crippen LogP) is 0.352. The molecule has 0 fully saturated rings. The summed E-state index contributed by atoms with van der Waals surface area (Å²) in [4.78, 5) is 13.7. The largest absolute Gasteiger partial charge is 0.324 e. The molecule has 0 saturated heterocycles. The first kappa shape index (κ1) is 9.04. The zero-order valence-corrected chi connectivity index (χ0v) is 8.04. The van der Waals surface area contributed by atoms with Crippen LogP contribution in [-0.2, 0) is 6.54 Å². The van der Waals surface area contributed by atoms with Gasteiger partial charge in [0.2, 0.25) is 5.56 Å². The minimum Gasteiger partial charge on any atom is -0.324 e. The molecule has 0 aliphatic heterocycles. The van der Waals surface area contributed by atoms with E-state index in [0.717, 1.165) is 5.01 Å². The van der Waals surface area contributed by atoms with Crippen molar-refractivity contribution in [2.24, 2.45) is 5.73 Å². The van der Waals surface area contributed by atoms with E-state index >= 15 is 0 Å². The maximum atomic E-state index is 11.0. The molecule has 0 saturated carbocycles. The summed E-state index contributed by atoms with van der Waals surface area (Å²) < 4.78 is 0. The second kappa shape index (κ2) is 3.69. The predicted molar refractivity (Wildman–Crippen MR) is 53.9 cm³/mol. The maximum Gasteiger partial charge on any atom is 0.248 e. The molecule has 72 valence electrons. The molecule has 5 nitrogen and oxygen atoms in total. The normalized spacial score (nSPS) is 10.4. The number of hydrogen-bond donors (Lipinski definition) is 2. The molecule has 0 aliphatic carbocycles. The lowest BCUT2D eigenvalue weighted by Crippen LogP contribution is -2.03. The van der Waals surface area contributed by atoms with Crippen molar-refractivity contribution in [3.8, 4) is 10.7 Å². The highest BCUT2D eigenvalue weighted by Gasteiger charge is 2.05. The van der Waals surface area contributed by atoms with Crippen molar-refractivity contribution in [1.82, 2.24) is 15.2 Å². The lowest BCUT2D eigenvalue weighted by molar-refractivity contribution is 0.958. The molecule has 2 aromatic heterocycles. The standard InChI is InChI=1S/C8H8N4OS/c9-4-7-11-12-8(14-7)5-2-1-3-6(13)10-5/h1-3H,4,9H2,(H,10,13). The van der Waals surface area contributed by atoms with Gasteiger partial charge in [-0.3, -0.25) is 4.79 Å². The van der Waals surface area contributed by atoms with E-state index in [-0.39, 0.29) is 5.56 Å². The van der Waals surface area contributed by atoms with Gasteiger partial charge in [-0.2, -0.15) is 0 Å². The minimum atomic E-state index is -0.146. The minimum absolute atomic E-state index is 0.146. The van der Waals surface area contributed by atoms with Gasteiger partial charge in [-0.15, -0.1) is 10.2 Å². The molecular formula is C8H8N4OS. The Morgan fingerprint density at radius 2 is 2.29 bits per heavy atom. The molecule has 0 unspecified atom stereocenters. The highest BCUT2D eigenvalue weighted by atomic mass is 32.1. The van der Waals surface area contributed by atoms with Crippen LogP contribution in [0.2, 0.25) is 0 Å². The lowest BCUT2D eigenvalue weighted by atomic mass is 10.4. The van der Waals surface area contributed by atoms with Gasteiger partial charge in [0.25, 0.3) is 0 Å². The average molecular weight is 208 g/mol. The van der Waals surface area contributed by atoms with Crippen LogP contribution in [-0.4, -0.2) is 15.2 Å². The van der Waals surface area contributed by atoms with Gasteiger partial charge in [-0.25, -0.2) is 0 Å². The highest BCUT2D eigenvalue weighted by Crippen LogP contribution is 2.19. The second-order valence-corrected chi connectivity index (χ2v) is 3.70. The number of rotatable bonds is 2. The second-order valence-electron chi connectivity index (χ2n) is 2.63. The zero-order chi connectivity index (χ0) is 9.97. The lowest BCUT2D eigenvalue weighted by Gasteiger charge is -1.92. The van der Waals surface area contributed by atoms with Crippen LogP contribution in [0.1, 0.15) is 5.01 Å². The number of aromatic amines is 1. The molecule has 0 spiro atoms. The summed E-state index contributed by atoms with van der Waals surface area (Å²) in [6, 6.07) is 4.91. The average Bonchev–Trinajstić information content (AvgIpc) is 2.66.